The maximum Gasteiger partial charge on any atom is 0.253 e. The lowest BCUT2D eigenvalue weighted by molar-refractivity contribution is 0.0955. The van der Waals surface area contributed by atoms with E-state index < -0.39 is 0 Å². The molecule has 19 heavy (non-hydrogen) atoms. The number of nitrogen functional groups attached to an aromatic ring is 1. The second-order valence-corrected chi connectivity index (χ2v) is 4.22. The molecule has 0 aromatic heterocycles. The van der Waals surface area contributed by atoms with Crippen LogP contribution >= 0.6 is 0 Å². The summed E-state index contributed by atoms with van der Waals surface area (Å²) in [7, 11) is 0. The minimum atomic E-state index is -0.259. The predicted molar refractivity (Wildman–Crippen MR) is 73.3 cm³/mol. The molecule has 2 aromatic carbocycles. The summed E-state index contributed by atoms with van der Waals surface area (Å²) >= 11 is 0. The molecule has 2 rings (SSSR count). The van der Waals surface area contributed by atoms with Crippen molar-refractivity contribution in [2.75, 3.05) is 12.3 Å². The zero-order valence-corrected chi connectivity index (χ0v) is 10.4. The molecule has 98 valence electrons. The van der Waals surface area contributed by atoms with E-state index in [1.54, 1.807) is 36.4 Å². The first-order valence-electron chi connectivity index (χ1n) is 6.04. The second-order valence-electron chi connectivity index (χ2n) is 4.22. The molecule has 0 spiro atoms. The number of halogens is 1. The Morgan fingerprint density at radius 2 is 1.79 bits per heavy atom. The zero-order chi connectivity index (χ0) is 13.7. The lowest BCUT2D eigenvalue weighted by atomic mass is 10.1. The van der Waals surface area contributed by atoms with E-state index in [9.17, 15) is 9.18 Å². The number of carbonyl (C=O) groups excluding carboxylic acids is 1. The van der Waals surface area contributed by atoms with E-state index in [0.717, 1.165) is 5.56 Å². The lowest BCUT2D eigenvalue weighted by Gasteiger charge is -2.07. The summed E-state index contributed by atoms with van der Waals surface area (Å²) in [6.45, 7) is 0.485. The Morgan fingerprint density at radius 3 is 2.47 bits per heavy atom. The molecule has 0 radical (unpaired) electrons. The van der Waals surface area contributed by atoms with Crippen LogP contribution in [-0.4, -0.2) is 12.5 Å². The molecule has 0 unspecified atom stereocenters. The van der Waals surface area contributed by atoms with Gasteiger partial charge in [0.2, 0.25) is 0 Å². The van der Waals surface area contributed by atoms with Crippen LogP contribution < -0.4 is 11.1 Å². The molecule has 2 aromatic rings. The predicted octanol–water partition coefficient (Wildman–Crippen LogP) is 2.38. The van der Waals surface area contributed by atoms with Gasteiger partial charge >= 0.3 is 0 Å². The van der Waals surface area contributed by atoms with Gasteiger partial charge in [0.15, 0.2) is 0 Å². The van der Waals surface area contributed by atoms with Gasteiger partial charge in [-0.3, -0.25) is 4.79 Å². The van der Waals surface area contributed by atoms with Crippen molar-refractivity contribution in [3.8, 4) is 0 Å². The number of benzene rings is 2. The van der Waals surface area contributed by atoms with Gasteiger partial charge in [0, 0.05) is 12.2 Å². The van der Waals surface area contributed by atoms with Crippen molar-refractivity contribution < 1.29 is 9.18 Å². The van der Waals surface area contributed by atoms with Gasteiger partial charge in [0.25, 0.3) is 5.91 Å². The van der Waals surface area contributed by atoms with Gasteiger partial charge in [0.1, 0.15) is 5.82 Å². The van der Waals surface area contributed by atoms with E-state index in [-0.39, 0.29) is 11.7 Å². The van der Waals surface area contributed by atoms with Crippen molar-refractivity contribution in [1.29, 1.82) is 0 Å². The molecule has 4 heteroatoms. The Morgan fingerprint density at radius 1 is 1.11 bits per heavy atom. The summed E-state index contributed by atoms with van der Waals surface area (Å²) in [5.41, 5.74) is 7.63. The number of anilines is 1. The fraction of sp³-hybridized carbons (Fsp3) is 0.133. The third-order valence-corrected chi connectivity index (χ3v) is 2.82. The number of nitrogens with two attached hydrogens (primary N) is 1. The lowest BCUT2D eigenvalue weighted by Crippen LogP contribution is -2.26. The number of hydrogen-bond donors (Lipinski definition) is 2. The van der Waals surface area contributed by atoms with Crippen LogP contribution in [0.25, 0.3) is 0 Å². The molecular formula is C15H15FN2O. The SMILES string of the molecule is Nc1ccccc1C(=O)NCCc1ccc(F)cc1. The Kier molecular flexibility index (Phi) is 4.13. The molecule has 0 atom stereocenters. The molecule has 0 aliphatic rings. The summed E-state index contributed by atoms with van der Waals surface area (Å²) in [6, 6.07) is 13.2. The van der Waals surface area contributed by atoms with E-state index in [1.165, 1.54) is 12.1 Å². The van der Waals surface area contributed by atoms with Crippen LogP contribution in [0.5, 0.6) is 0 Å². The molecule has 0 saturated heterocycles. The number of para-hydroxylation sites is 1. The first-order chi connectivity index (χ1) is 9.16. The monoisotopic (exact) mass is 258 g/mol. The Labute approximate surface area is 111 Å². The highest BCUT2D eigenvalue weighted by Crippen LogP contribution is 2.10. The van der Waals surface area contributed by atoms with Gasteiger partial charge in [-0.15, -0.1) is 0 Å². The zero-order valence-electron chi connectivity index (χ0n) is 10.4. The summed E-state index contributed by atoms with van der Waals surface area (Å²) in [5, 5.41) is 2.79. The van der Waals surface area contributed by atoms with Crippen LogP contribution in [0.3, 0.4) is 0 Å². The van der Waals surface area contributed by atoms with Crippen molar-refractivity contribution in [3.63, 3.8) is 0 Å². The first-order valence-corrected chi connectivity index (χ1v) is 6.04. The normalized spacial score (nSPS) is 10.2. The van der Waals surface area contributed by atoms with Crippen molar-refractivity contribution in [2.24, 2.45) is 0 Å². The topological polar surface area (TPSA) is 55.1 Å². The fourth-order valence-corrected chi connectivity index (χ4v) is 1.77. The van der Waals surface area contributed by atoms with Gasteiger partial charge in [-0.1, -0.05) is 24.3 Å². The highest BCUT2D eigenvalue weighted by Gasteiger charge is 2.07. The summed E-state index contributed by atoms with van der Waals surface area (Å²) in [6.07, 6.45) is 0.652. The highest BCUT2D eigenvalue weighted by molar-refractivity contribution is 5.99. The molecule has 1 amide bonds. The number of amides is 1. The molecule has 0 fully saturated rings. The van der Waals surface area contributed by atoms with Crippen LogP contribution in [0.1, 0.15) is 15.9 Å². The quantitative estimate of drug-likeness (QED) is 0.827. The maximum absolute atomic E-state index is 12.7. The number of rotatable bonds is 4. The second kappa shape index (κ2) is 6.00. The Hall–Kier alpha value is -2.36. The van der Waals surface area contributed by atoms with E-state index in [0.29, 0.717) is 24.2 Å². The van der Waals surface area contributed by atoms with Gasteiger partial charge in [-0.2, -0.15) is 0 Å². The molecule has 0 bridgehead atoms. The minimum Gasteiger partial charge on any atom is -0.398 e. The van der Waals surface area contributed by atoms with Crippen LogP contribution in [0.4, 0.5) is 10.1 Å². The standard InChI is InChI=1S/C15H15FN2O/c16-12-7-5-11(6-8-12)9-10-18-15(19)13-3-1-2-4-14(13)17/h1-8H,9-10,17H2,(H,18,19). The molecule has 3 nitrogen and oxygen atoms in total. The van der Waals surface area contributed by atoms with E-state index in [2.05, 4.69) is 5.32 Å². The number of carbonyl (C=O) groups is 1. The van der Waals surface area contributed by atoms with Gasteiger partial charge < -0.3 is 11.1 Å². The third kappa shape index (κ3) is 3.55. The van der Waals surface area contributed by atoms with Crippen molar-refractivity contribution >= 4 is 11.6 Å². The van der Waals surface area contributed by atoms with Gasteiger partial charge in [0.05, 0.1) is 5.56 Å². The molecular weight excluding hydrogens is 243 g/mol. The summed E-state index contributed by atoms with van der Waals surface area (Å²) in [4.78, 5) is 11.9. The molecule has 0 aliphatic carbocycles. The van der Waals surface area contributed by atoms with Crippen molar-refractivity contribution in [1.82, 2.24) is 5.32 Å². The van der Waals surface area contributed by atoms with Crippen LogP contribution in [0.15, 0.2) is 48.5 Å². The highest BCUT2D eigenvalue weighted by atomic mass is 19.1. The van der Waals surface area contributed by atoms with Gasteiger partial charge in [-0.05, 0) is 36.2 Å². The van der Waals surface area contributed by atoms with E-state index in [1.807, 2.05) is 0 Å². The molecule has 0 saturated carbocycles. The number of nitrogens with one attached hydrogen (secondary N) is 1. The van der Waals surface area contributed by atoms with Crippen molar-refractivity contribution in [3.05, 3.63) is 65.5 Å². The van der Waals surface area contributed by atoms with Crippen LogP contribution in [-0.2, 0) is 6.42 Å². The molecule has 0 aliphatic heterocycles. The van der Waals surface area contributed by atoms with Crippen molar-refractivity contribution in [2.45, 2.75) is 6.42 Å². The average molecular weight is 258 g/mol. The van der Waals surface area contributed by atoms with Crippen LogP contribution in [0, 0.1) is 5.82 Å². The Bertz CT molecular complexity index is 567. The number of hydrogen-bond acceptors (Lipinski definition) is 2. The fourth-order valence-electron chi connectivity index (χ4n) is 1.77. The van der Waals surface area contributed by atoms with Gasteiger partial charge in [-0.25, -0.2) is 4.39 Å². The largest absolute Gasteiger partial charge is 0.398 e. The summed E-state index contributed by atoms with van der Waals surface area (Å²) in [5.74, 6) is -0.454. The average Bonchev–Trinajstić information content (AvgIpc) is 2.41. The van der Waals surface area contributed by atoms with E-state index >= 15 is 0 Å². The summed E-state index contributed by atoms with van der Waals surface area (Å²) < 4.78 is 12.7. The Balaban J connectivity index is 1.88. The molecule has 0 heterocycles. The van der Waals surface area contributed by atoms with E-state index in [4.69, 9.17) is 5.73 Å². The maximum atomic E-state index is 12.7. The molecule has 3 N–H and O–H groups in total. The first kappa shape index (κ1) is 13.1. The third-order valence-electron chi connectivity index (χ3n) is 2.82. The minimum absolute atomic E-state index is 0.194. The smallest absolute Gasteiger partial charge is 0.253 e. The van der Waals surface area contributed by atoms with Crippen LogP contribution in [0.2, 0.25) is 0 Å².